The van der Waals surface area contributed by atoms with E-state index in [1.165, 1.54) is 11.0 Å². The maximum absolute atomic E-state index is 14.1. The van der Waals surface area contributed by atoms with Crippen LogP contribution in [0.2, 0.25) is 0 Å². The summed E-state index contributed by atoms with van der Waals surface area (Å²) >= 11 is 0. The number of alkyl halides is 11. The van der Waals surface area contributed by atoms with E-state index in [-0.39, 0.29) is 87.5 Å². The normalized spacial score (nSPS) is 22.8. The number of benzene rings is 4. The zero-order chi connectivity index (χ0) is 59.2. The minimum atomic E-state index is -5.06. The molecule has 22 heteroatoms. The van der Waals surface area contributed by atoms with E-state index in [9.17, 15) is 67.5 Å². The summed E-state index contributed by atoms with van der Waals surface area (Å²) < 4.78 is 155. The predicted molar refractivity (Wildman–Crippen MR) is 282 cm³/mol. The number of amides is 4. The van der Waals surface area contributed by atoms with Gasteiger partial charge in [-0.15, -0.1) is 0 Å². The first-order chi connectivity index (χ1) is 37.1. The number of ether oxygens (including phenoxy) is 1. The van der Waals surface area contributed by atoms with Crippen LogP contribution in [-0.2, 0) is 37.7 Å². The number of para-hydroxylation sites is 2. The number of piperidine rings is 1. The van der Waals surface area contributed by atoms with Crippen LogP contribution in [0.5, 0.6) is 5.75 Å². The van der Waals surface area contributed by atoms with Gasteiger partial charge in [-0.1, -0.05) is 56.7 Å². The largest absolute Gasteiger partial charge is 0.491 e. The summed E-state index contributed by atoms with van der Waals surface area (Å²) in [6.07, 6.45) is -13.2. The van der Waals surface area contributed by atoms with Crippen LogP contribution in [0, 0.1) is 50.4 Å². The van der Waals surface area contributed by atoms with Crippen molar-refractivity contribution in [2.75, 3.05) is 66.7 Å². The second kappa shape index (κ2) is 22.9. The third-order valence-electron chi connectivity index (χ3n) is 16.2. The topological polar surface area (TPSA) is 115 Å². The summed E-state index contributed by atoms with van der Waals surface area (Å²) in [5, 5.41) is 4.97. The zero-order valence-electron chi connectivity index (χ0n) is 46.0. The summed E-state index contributed by atoms with van der Waals surface area (Å²) in [6, 6.07) is 15.2. The van der Waals surface area contributed by atoms with E-state index in [1.54, 1.807) is 37.5 Å². The SMILES string of the molecule is Cc1cccc(C)c1N1C[C@@](CN(C)C2CCC2)(C(=O)Nc2cc(C(F)(F)F)cc(C(F)(F)F)c2)[C@H](C)C1=O.Cc1cccc(C)c1N1C[C@@](CN2CCC(F)(F)CC2)(C(=O)Nc2cc(OC(C)C)cc(C(F)(F)F)c2)[C@H](C)C1=O. The molecule has 4 aliphatic rings. The molecule has 0 unspecified atom stereocenters. The zero-order valence-corrected chi connectivity index (χ0v) is 46.0. The third-order valence-corrected chi connectivity index (χ3v) is 16.2. The lowest BCUT2D eigenvalue weighted by Gasteiger charge is -2.41. The summed E-state index contributed by atoms with van der Waals surface area (Å²) in [5.74, 6) is -6.72. The van der Waals surface area contributed by atoms with Gasteiger partial charge in [0, 0.05) is 87.0 Å². The number of aryl methyl sites for hydroxylation is 4. The number of rotatable bonds is 13. The van der Waals surface area contributed by atoms with Gasteiger partial charge in [0.1, 0.15) is 5.75 Å². The molecule has 0 spiro atoms. The number of likely N-dealkylation sites (tertiary alicyclic amines) is 1. The molecule has 1 saturated carbocycles. The minimum Gasteiger partial charge on any atom is -0.491 e. The highest BCUT2D eigenvalue weighted by molar-refractivity contribution is 6.09. The lowest BCUT2D eigenvalue weighted by atomic mass is 9.76. The first kappa shape index (κ1) is 61.3. The number of carbonyl (C=O) groups is 4. The quantitative estimate of drug-likeness (QED) is 0.128. The Hall–Kier alpha value is -6.29. The van der Waals surface area contributed by atoms with Crippen LogP contribution in [0.3, 0.4) is 0 Å². The number of carbonyl (C=O) groups excluding carboxylic acids is 4. The van der Waals surface area contributed by atoms with Gasteiger partial charge in [0.15, 0.2) is 0 Å². The summed E-state index contributed by atoms with van der Waals surface area (Å²) in [5.41, 5.74) is -3.07. The Morgan fingerprint density at radius 1 is 0.650 bits per heavy atom. The number of anilines is 4. The van der Waals surface area contributed by atoms with Gasteiger partial charge in [0.2, 0.25) is 23.6 Å². The number of nitrogens with zero attached hydrogens (tertiary/aromatic N) is 4. The van der Waals surface area contributed by atoms with Crippen LogP contribution < -0.4 is 25.2 Å². The summed E-state index contributed by atoms with van der Waals surface area (Å²) in [7, 11) is 1.82. The number of nitrogens with one attached hydrogen (secondary N) is 2. The van der Waals surface area contributed by atoms with Gasteiger partial charge >= 0.3 is 18.5 Å². The molecule has 4 atom stereocenters. The molecule has 8 rings (SSSR count). The molecule has 4 amide bonds. The molecule has 80 heavy (non-hydrogen) atoms. The van der Waals surface area contributed by atoms with Gasteiger partial charge in [0.25, 0.3) is 5.92 Å². The molecule has 0 aromatic heterocycles. The fraction of sp³-hybridized carbons (Fsp3) is 0.517. The van der Waals surface area contributed by atoms with Crippen molar-refractivity contribution in [3.63, 3.8) is 0 Å². The third kappa shape index (κ3) is 13.1. The van der Waals surface area contributed by atoms with E-state index in [0.717, 1.165) is 53.6 Å². The number of halogens is 11. The van der Waals surface area contributed by atoms with E-state index < -0.39 is 87.4 Å². The molecule has 4 aromatic rings. The number of hydrogen-bond acceptors (Lipinski definition) is 7. The second-order valence-electron chi connectivity index (χ2n) is 22.3. The summed E-state index contributed by atoms with van der Waals surface area (Å²) in [4.78, 5) is 62.2. The average Bonchev–Trinajstić information content (AvgIpc) is 3.82. The van der Waals surface area contributed by atoms with Crippen LogP contribution in [0.25, 0.3) is 0 Å². The molecule has 436 valence electrons. The lowest BCUT2D eigenvalue weighted by Crippen LogP contribution is -2.53. The molecule has 3 saturated heterocycles. The van der Waals surface area contributed by atoms with E-state index in [0.29, 0.717) is 23.5 Å². The smallest absolute Gasteiger partial charge is 0.416 e. The van der Waals surface area contributed by atoms with Crippen molar-refractivity contribution in [3.8, 4) is 5.75 Å². The van der Waals surface area contributed by atoms with E-state index in [4.69, 9.17) is 4.74 Å². The van der Waals surface area contributed by atoms with E-state index in [1.807, 2.05) is 76.0 Å². The lowest BCUT2D eigenvalue weighted by molar-refractivity contribution is -0.143. The minimum absolute atomic E-state index is 0.00242. The molecule has 0 radical (unpaired) electrons. The predicted octanol–water partition coefficient (Wildman–Crippen LogP) is 12.9. The first-order valence-corrected chi connectivity index (χ1v) is 26.4. The Morgan fingerprint density at radius 2 is 1.05 bits per heavy atom. The highest BCUT2D eigenvalue weighted by atomic mass is 19.4. The molecular weight excluding hydrogens is 1070 g/mol. The maximum Gasteiger partial charge on any atom is 0.416 e. The van der Waals surface area contributed by atoms with Crippen molar-refractivity contribution in [1.29, 1.82) is 0 Å². The van der Waals surface area contributed by atoms with Crippen molar-refractivity contribution in [3.05, 3.63) is 112 Å². The highest BCUT2D eigenvalue weighted by Gasteiger charge is 2.58. The van der Waals surface area contributed by atoms with E-state index >= 15 is 0 Å². The molecule has 4 fully saturated rings. The molecule has 4 aromatic carbocycles. The molecule has 0 bridgehead atoms. The van der Waals surface area contributed by atoms with Crippen molar-refractivity contribution in [1.82, 2.24) is 9.80 Å². The first-order valence-electron chi connectivity index (χ1n) is 26.4. The van der Waals surface area contributed by atoms with Crippen molar-refractivity contribution < 1.29 is 72.2 Å². The summed E-state index contributed by atoms with van der Waals surface area (Å²) in [6.45, 7) is 14.0. The van der Waals surface area contributed by atoms with E-state index in [2.05, 4.69) is 10.6 Å². The van der Waals surface area contributed by atoms with Crippen LogP contribution in [0.4, 0.5) is 71.0 Å². The molecule has 3 aliphatic heterocycles. The fourth-order valence-corrected chi connectivity index (χ4v) is 11.4. The van der Waals surface area contributed by atoms with Crippen LogP contribution >= 0.6 is 0 Å². The Kier molecular flexibility index (Phi) is 17.6. The van der Waals surface area contributed by atoms with Gasteiger partial charge in [-0.3, -0.25) is 19.2 Å². The van der Waals surface area contributed by atoms with Crippen molar-refractivity contribution >= 4 is 46.4 Å². The van der Waals surface area contributed by atoms with Crippen molar-refractivity contribution in [2.45, 2.75) is 124 Å². The van der Waals surface area contributed by atoms with Crippen LogP contribution in [0.15, 0.2) is 72.8 Å². The second-order valence-corrected chi connectivity index (χ2v) is 22.3. The molecule has 1 aliphatic carbocycles. The Morgan fingerprint density at radius 3 is 1.46 bits per heavy atom. The fourth-order valence-electron chi connectivity index (χ4n) is 11.4. The van der Waals surface area contributed by atoms with Gasteiger partial charge in [-0.05, 0) is 114 Å². The van der Waals surface area contributed by atoms with Crippen LogP contribution in [0.1, 0.15) is 98.7 Å². The Labute approximate surface area is 458 Å². The average molecular weight is 1140 g/mol. The monoisotopic (exact) mass is 1140 g/mol. The molecular formula is C58H67F11N6O5. The van der Waals surface area contributed by atoms with Crippen LogP contribution in [-0.4, -0.2) is 97.8 Å². The van der Waals surface area contributed by atoms with Gasteiger partial charge < -0.3 is 35.0 Å². The standard InChI is InChI=1S/C30H36F5N3O3.C28H31F6N3O2/c1-18(2)41-24-14-22(30(33,34)35)13-23(15-24)36-27(40)28(16-37-11-9-29(31,32)10-12-37)17-38(26(39)21(28)5)25-19(3)7-6-8-20(25)4;1-16-7-5-8-17(2)23(16)37-15-26(18(3)24(37)38,14-36(4)22-9-6-10-22)25(39)35-21-12-19(27(29,30)31)11-20(13-21)28(32,33)34/h6-8,13-15,18,21H,9-12,16-17H2,1-5H3,(H,36,40);5,7-8,11-13,18,22H,6,9-10,14-15H2,1-4H3,(H,35,39)/t21-,28-;18-,26-/m11/s1. The highest BCUT2D eigenvalue weighted by Crippen LogP contribution is 2.47. The van der Waals surface area contributed by atoms with Gasteiger partial charge in [-0.25, -0.2) is 8.78 Å². The Bertz CT molecular complexity index is 2900. The molecule has 3 heterocycles. The van der Waals surface area contributed by atoms with Gasteiger partial charge in [-0.2, -0.15) is 39.5 Å². The molecule has 11 nitrogen and oxygen atoms in total. The number of hydrogen-bond donors (Lipinski definition) is 2. The Balaban J connectivity index is 0.000000231. The maximum atomic E-state index is 14.1. The van der Waals surface area contributed by atoms with Crippen molar-refractivity contribution in [2.24, 2.45) is 22.7 Å². The molecule has 2 N–H and O–H groups in total. The van der Waals surface area contributed by atoms with Gasteiger partial charge in [0.05, 0.1) is 45.5 Å².